The maximum absolute atomic E-state index is 11.9. The van der Waals surface area contributed by atoms with E-state index in [0.29, 0.717) is 31.1 Å². The average molecular weight is 295 g/mol. The summed E-state index contributed by atoms with van der Waals surface area (Å²) in [6.07, 6.45) is -0.682. The molecule has 6 nitrogen and oxygen atoms in total. The van der Waals surface area contributed by atoms with Crippen molar-refractivity contribution in [1.82, 2.24) is 0 Å². The van der Waals surface area contributed by atoms with E-state index >= 15 is 0 Å². The van der Waals surface area contributed by atoms with Gasteiger partial charge in [-0.15, -0.1) is 0 Å². The van der Waals surface area contributed by atoms with Crippen molar-refractivity contribution in [2.24, 2.45) is 0 Å². The van der Waals surface area contributed by atoms with Gasteiger partial charge in [-0.3, -0.25) is 9.59 Å². The van der Waals surface area contributed by atoms with Gasteiger partial charge in [0, 0.05) is 12.3 Å². The fourth-order valence-corrected chi connectivity index (χ4v) is 1.68. The third-order valence-electron chi connectivity index (χ3n) is 2.72. The normalized spacial score (nSPS) is 11.9. The first-order chi connectivity index (χ1) is 10.0. The number of hydrogen-bond acceptors (Lipinski definition) is 4. The lowest BCUT2D eigenvalue weighted by Crippen LogP contribution is -2.28. The molecule has 0 heterocycles. The maximum atomic E-state index is 11.9. The van der Waals surface area contributed by atoms with Crippen LogP contribution < -0.4 is 5.32 Å². The molecule has 1 atom stereocenters. The number of hydrogen-bond donors (Lipinski definition) is 2. The van der Waals surface area contributed by atoms with Gasteiger partial charge in [0.2, 0.25) is 0 Å². The zero-order chi connectivity index (χ0) is 15.7. The molecule has 21 heavy (non-hydrogen) atoms. The average Bonchev–Trinajstić information content (AvgIpc) is 2.43. The Kier molecular flexibility index (Phi) is 7.42. The second-order valence-corrected chi connectivity index (χ2v) is 4.47. The van der Waals surface area contributed by atoms with Crippen LogP contribution in [0.1, 0.15) is 19.4 Å². The van der Waals surface area contributed by atoms with Crippen LogP contribution in [0.15, 0.2) is 24.3 Å². The molecule has 0 bridgehead atoms. The Bertz CT molecular complexity index is 475. The number of ether oxygens (including phenoxy) is 2. The first-order valence-electron chi connectivity index (χ1n) is 6.84. The predicted octanol–water partition coefficient (Wildman–Crippen LogP) is 1.69. The summed E-state index contributed by atoms with van der Waals surface area (Å²) in [5, 5.41) is 11.4. The molecule has 1 aromatic rings. The van der Waals surface area contributed by atoms with Crippen LogP contribution in [0.5, 0.6) is 0 Å². The molecule has 0 saturated heterocycles. The quantitative estimate of drug-likeness (QED) is 0.677. The van der Waals surface area contributed by atoms with Gasteiger partial charge in [-0.2, -0.15) is 0 Å². The molecule has 2 N–H and O–H groups in total. The molecule has 0 saturated carbocycles. The highest BCUT2D eigenvalue weighted by atomic mass is 16.5. The number of benzene rings is 1. The van der Waals surface area contributed by atoms with Crippen LogP contribution in [-0.2, 0) is 25.5 Å². The first-order valence-corrected chi connectivity index (χ1v) is 6.84. The number of amides is 1. The lowest BCUT2D eigenvalue weighted by Gasteiger charge is -2.13. The molecule has 1 unspecified atom stereocenters. The second kappa shape index (κ2) is 9.10. The molecular weight excluding hydrogens is 274 g/mol. The molecule has 0 aliphatic carbocycles. The molecule has 0 aromatic heterocycles. The third-order valence-corrected chi connectivity index (χ3v) is 2.72. The van der Waals surface area contributed by atoms with E-state index in [4.69, 9.17) is 14.6 Å². The number of carbonyl (C=O) groups excluding carboxylic acids is 1. The number of nitrogens with one attached hydrogen (secondary N) is 1. The minimum absolute atomic E-state index is 0.0792. The molecule has 0 fully saturated rings. The largest absolute Gasteiger partial charge is 0.481 e. The summed E-state index contributed by atoms with van der Waals surface area (Å²) in [4.78, 5) is 22.6. The van der Waals surface area contributed by atoms with Crippen LogP contribution in [0, 0.1) is 0 Å². The lowest BCUT2D eigenvalue weighted by molar-refractivity contribution is -0.136. The van der Waals surface area contributed by atoms with Gasteiger partial charge in [0.1, 0.15) is 6.10 Å². The van der Waals surface area contributed by atoms with E-state index in [1.807, 2.05) is 6.92 Å². The zero-order valence-corrected chi connectivity index (χ0v) is 12.3. The van der Waals surface area contributed by atoms with Crippen LogP contribution in [0.25, 0.3) is 0 Å². The molecule has 1 amide bonds. The summed E-state index contributed by atoms with van der Waals surface area (Å²) in [7, 11) is 0. The van der Waals surface area contributed by atoms with E-state index in [9.17, 15) is 9.59 Å². The van der Waals surface area contributed by atoms with E-state index in [2.05, 4.69) is 5.32 Å². The van der Waals surface area contributed by atoms with Gasteiger partial charge >= 0.3 is 5.97 Å². The van der Waals surface area contributed by atoms with Crippen LogP contribution in [0.3, 0.4) is 0 Å². The minimum Gasteiger partial charge on any atom is -0.481 e. The van der Waals surface area contributed by atoms with Gasteiger partial charge < -0.3 is 19.9 Å². The van der Waals surface area contributed by atoms with Crippen LogP contribution in [-0.4, -0.2) is 42.9 Å². The number of aliphatic carboxylic acids is 1. The van der Waals surface area contributed by atoms with Crippen LogP contribution in [0.4, 0.5) is 5.69 Å². The van der Waals surface area contributed by atoms with Crippen molar-refractivity contribution >= 4 is 17.6 Å². The summed E-state index contributed by atoms with van der Waals surface area (Å²) < 4.78 is 10.5. The van der Waals surface area contributed by atoms with Gasteiger partial charge in [-0.25, -0.2) is 0 Å². The van der Waals surface area contributed by atoms with Crippen LogP contribution in [0.2, 0.25) is 0 Å². The number of carboxylic acids is 1. The van der Waals surface area contributed by atoms with Gasteiger partial charge in [0.15, 0.2) is 0 Å². The summed E-state index contributed by atoms with van der Waals surface area (Å²) in [6.45, 7) is 4.95. The third kappa shape index (κ3) is 6.87. The summed E-state index contributed by atoms with van der Waals surface area (Å²) in [5.41, 5.74) is 1.18. The van der Waals surface area contributed by atoms with Crippen molar-refractivity contribution in [1.29, 1.82) is 0 Å². The Labute approximate surface area is 124 Å². The van der Waals surface area contributed by atoms with E-state index in [0.717, 1.165) is 0 Å². The van der Waals surface area contributed by atoms with Crippen molar-refractivity contribution in [3.05, 3.63) is 29.8 Å². The van der Waals surface area contributed by atoms with E-state index in [-0.39, 0.29) is 12.3 Å². The molecule has 1 rings (SSSR count). The fourth-order valence-electron chi connectivity index (χ4n) is 1.68. The van der Waals surface area contributed by atoms with E-state index in [1.165, 1.54) is 0 Å². The molecule has 6 heteroatoms. The summed E-state index contributed by atoms with van der Waals surface area (Å²) >= 11 is 0. The van der Waals surface area contributed by atoms with Gasteiger partial charge in [-0.05, 0) is 31.5 Å². The summed E-state index contributed by atoms with van der Waals surface area (Å²) in [5.74, 6) is -1.19. The Balaban J connectivity index is 2.48. The number of anilines is 1. The molecule has 116 valence electrons. The summed E-state index contributed by atoms with van der Waals surface area (Å²) in [6, 6.07) is 6.75. The Morgan fingerprint density at radius 1 is 1.33 bits per heavy atom. The highest BCUT2D eigenvalue weighted by Gasteiger charge is 2.13. The standard InChI is InChI=1S/C15H21NO5/c1-3-20-7-8-21-11(2)15(19)16-13-6-4-5-12(9-13)10-14(17)18/h4-6,9,11H,3,7-8,10H2,1-2H3,(H,16,19)(H,17,18). The molecule has 0 aliphatic heterocycles. The molecule has 0 spiro atoms. The van der Waals surface area contributed by atoms with Crippen molar-refractivity contribution in [2.75, 3.05) is 25.1 Å². The van der Waals surface area contributed by atoms with E-state index < -0.39 is 12.1 Å². The fraction of sp³-hybridized carbons (Fsp3) is 0.467. The van der Waals surface area contributed by atoms with Crippen molar-refractivity contribution in [2.45, 2.75) is 26.4 Å². The molecule has 0 aliphatic rings. The number of carbonyl (C=O) groups is 2. The zero-order valence-electron chi connectivity index (χ0n) is 12.3. The van der Waals surface area contributed by atoms with Gasteiger partial charge in [0.25, 0.3) is 5.91 Å². The predicted molar refractivity (Wildman–Crippen MR) is 78.3 cm³/mol. The smallest absolute Gasteiger partial charge is 0.307 e. The topological polar surface area (TPSA) is 84.9 Å². The van der Waals surface area contributed by atoms with Gasteiger partial charge in [-0.1, -0.05) is 12.1 Å². The molecular formula is C15H21NO5. The van der Waals surface area contributed by atoms with Gasteiger partial charge in [0.05, 0.1) is 19.6 Å². The highest BCUT2D eigenvalue weighted by molar-refractivity contribution is 5.94. The first kappa shape index (κ1) is 17.1. The maximum Gasteiger partial charge on any atom is 0.307 e. The van der Waals surface area contributed by atoms with Crippen molar-refractivity contribution < 1.29 is 24.2 Å². The second-order valence-electron chi connectivity index (χ2n) is 4.47. The molecule has 1 aromatic carbocycles. The SMILES string of the molecule is CCOCCOC(C)C(=O)Nc1cccc(CC(=O)O)c1. The monoisotopic (exact) mass is 295 g/mol. The number of rotatable bonds is 9. The lowest BCUT2D eigenvalue weighted by atomic mass is 10.1. The van der Waals surface area contributed by atoms with Crippen molar-refractivity contribution in [3.63, 3.8) is 0 Å². The van der Waals surface area contributed by atoms with Crippen molar-refractivity contribution in [3.8, 4) is 0 Å². The Morgan fingerprint density at radius 2 is 2.10 bits per heavy atom. The number of carboxylic acid groups (broad SMARTS) is 1. The Hall–Kier alpha value is -1.92. The van der Waals surface area contributed by atoms with Crippen LogP contribution >= 0.6 is 0 Å². The Morgan fingerprint density at radius 3 is 2.76 bits per heavy atom. The minimum atomic E-state index is -0.911. The molecule has 0 radical (unpaired) electrons. The van der Waals surface area contributed by atoms with E-state index in [1.54, 1.807) is 31.2 Å². The highest BCUT2D eigenvalue weighted by Crippen LogP contribution is 2.12.